The molecule has 0 radical (unpaired) electrons. The predicted molar refractivity (Wildman–Crippen MR) is 54.7 cm³/mol. The summed E-state index contributed by atoms with van der Waals surface area (Å²) >= 11 is 0. The van der Waals surface area contributed by atoms with Crippen molar-refractivity contribution in [1.29, 1.82) is 5.26 Å². The quantitative estimate of drug-likeness (QED) is 0.636. The zero-order chi connectivity index (χ0) is 12.8. The SMILES string of the molecule is COC(=O)[C@@H](NCC#N)c1cc(F)ccc1F. The van der Waals surface area contributed by atoms with Gasteiger partial charge in [-0.25, -0.2) is 13.6 Å². The molecule has 0 saturated carbocycles. The van der Waals surface area contributed by atoms with Crippen molar-refractivity contribution in [2.45, 2.75) is 6.04 Å². The number of ether oxygens (including phenoxy) is 1. The molecule has 0 saturated heterocycles. The van der Waals surface area contributed by atoms with Gasteiger partial charge in [-0.1, -0.05) is 0 Å². The summed E-state index contributed by atoms with van der Waals surface area (Å²) in [5, 5.41) is 10.9. The van der Waals surface area contributed by atoms with Crippen LogP contribution in [0.4, 0.5) is 8.78 Å². The minimum Gasteiger partial charge on any atom is -0.468 e. The number of hydrogen-bond donors (Lipinski definition) is 1. The first kappa shape index (κ1) is 13.1. The number of esters is 1. The molecule has 1 N–H and O–H groups in total. The van der Waals surface area contributed by atoms with Crippen molar-refractivity contribution in [3.63, 3.8) is 0 Å². The van der Waals surface area contributed by atoms with Crippen LogP contribution in [0.3, 0.4) is 0 Å². The van der Waals surface area contributed by atoms with E-state index in [-0.39, 0.29) is 12.1 Å². The van der Waals surface area contributed by atoms with Crippen molar-refractivity contribution < 1.29 is 18.3 Å². The number of nitrogens with zero attached hydrogens (tertiary/aromatic N) is 1. The van der Waals surface area contributed by atoms with Crippen molar-refractivity contribution >= 4 is 5.97 Å². The lowest BCUT2D eigenvalue weighted by Crippen LogP contribution is -2.30. The van der Waals surface area contributed by atoms with Gasteiger partial charge in [-0.3, -0.25) is 5.32 Å². The number of methoxy groups -OCH3 is 1. The van der Waals surface area contributed by atoms with Gasteiger partial charge in [0.1, 0.15) is 17.7 Å². The Labute approximate surface area is 96.8 Å². The molecule has 0 aliphatic heterocycles. The summed E-state index contributed by atoms with van der Waals surface area (Å²) in [4.78, 5) is 11.4. The van der Waals surface area contributed by atoms with Crippen LogP contribution in [0, 0.1) is 23.0 Å². The third-order valence-corrected chi connectivity index (χ3v) is 2.09. The van der Waals surface area contributed by atoms with Crippen molar-refractivity contribution in [2.24, 2.45) is 0 Å². The monoisotopic (exact) mass is 240 g/mol. The minimum absolute atomic E-state index is 0.185. The highest BCUT2D eigenvalue weighted by molar-refractivity contribution is 5.77. The Morgan fingerprint density at radius 1 is 1.59 bits per heavy atom. The first-order chi connectivity index (χ1) is 8.10. The van der Waals surface area contributed by atoms with Gasteiger partial charge in [0.25, 0.3) is 0 Å². The molecular formula is C11H10F2N2O2. The molecule has 0 aliphatic carbocycles. The van der Waals surface area contributed by atoms with Crippen molar-refractivity contribution in [3.8, 4) is 6.07 Å². The Bertz CT molecular complexity index is 457. The van der Waals surface area contributed by atoms with E-state index in [1.165, 1.54) is 0 Å². The molecule has 0 spiro atoms. The second-order valence-corrected chi connectivity index (χ2v) is 3.16. The van der Waals surface area contributed by atoms with E-state index in [0.717, 1.165) is 25.3 Å². The fourth-order valence-electron chi connectivity index (χ4n) is 1.32. The van der Waals surface area contributed by atoms with E-state index in [9.17, 15) is 13.6 Å². The number of carbonyl (C=O) groups excluding carboxylic acids is 1. The Balaban J connectivity index is 3.08. The van der Waals surface area contributed by atoms with Crippen LogP contribution < -0.4 is 5.32 Å². The van der Waals surface area contributed by atoms with E-state index < -0.39 is 23.6 Å². The largest absolute Gasteiger partial charge is 0.468 e. The third-order valence-electron chi connectivity index (χ3n) is 2.09. The average Bonchev–Trinajstić information content (AvgIpc) is 2.33. The van der Waals surface area contributed by atoms with Crippen LogP contribution in [0.5, 0.6) is 0 Å². The molecule has 1 aromatic carbocycles. The van der Waals surface area contributed by atoms with E-state index in [1.807, 2.05) is 0 Å². The fourth-order valence-corrected chi connectivity index (χ4v) is 1.32. The van der Waals surface area contributed by atoms with Gasteiger partial charge < -0.3 is 4.74 Å². The highest BCUT2D eigenvalue weighted by atomic mass is 19.1. The van der Waals surface area contributed by atoms with E-state index in [2.05, 4.69) is 10.1 Å². The standard InChI is InChI=1S/C11H10F2N2O2/c1-17-11(16)10(15-5-4-14)8-6-7(12)2-3-9(8)13/h2-3,6,10,15H,5H2,1H3/t10-/m0/s1. The molecule has 0 unspecified atom stereocenters. The molecule has 90 valence electrons. The summed E-state index contributed by atoms with van der Waals surface area (Å²) in [6, 6.07) is 3.29. The van der Waals surface area contributed by atoms with Crippen LogP contribution in [0.1, 0.15) is 11.6 Å². The predicted octanol–water partition coefficient (Wildman–Crippen LogP) is 1.29. The fraction of sp³-hybridized carbons (Fsp3) is 0.273. The molecule has 4 nitrogen and oxygen atoms in total. The van der Waals surface area contributed by atoms with Crippen molar-refractivity contribution in [2.75, 3.05) is 13.7 Å². The Kier molecular flexibility index (Phi) is 4.55. The van der Waals surface area contributed by atoms with E-state index in [0.29, 0.717) is 0 Å². The Morgan fingerprint density at radius 3 is 2.88 bits per heavy atom. The van der Waals surface area contributed by atoms with Crippen molar-refractivity contribution in [3.05, 3.63) is 35.4 Å². The lowest BCUT2D eigenvalue weighted by molar-refractivity contribution is -0.143. The molecule has 1 atom stereocenters. The first-order valence-corrected chi connectivity index (χ1v) is 4.73. The summed E-state index contributed by atoms with van der Waals surface area (Å²) in [7, 11) is 1.13. The van der Waals surface area contributed by atoms with Gasteiger partial charge in [0, 0.05) is 5.56 Å². The van der Waals surface area contributed by atoms with E-state index in [1.54, 1.807) is 6.07 Å². The normalized spacial score (nSPS) is 11.6. The number of nitrogens with one attached hydrogen (secondary N) is 1. The van der Waals surface area contributed by atoms with Gasteiger partial charge in [0.15, 0.2) is 0 Å². The molecule has 0 heterocycles. The summed E-state index contributed by atoms with van der Waals surface area (Å²) in [5.41, 5.74) is -0.188. The maximum atomic E-state index is 13.4. The maximum absolute atomic E-state index is 13.4. The Morgan fingerprint density at radius 2 is 2.29 bits per heavy atom. The van der Waals surface area contributed by atoms with Gasteiger partial charge in [-0.2, -0.15) is 5.26 Å². The van der Waals surface area contributed by atoms with Crippen LogP contribution in [-0.4, -0.2) is 19.6 Å². The Hall–Kier alpha value is -2.00. The van der Waals surface area contributed by atoms with Crippen LogP contribution in [0.25, 0.3) is 0 Å². The molecule has 0 bridgehead atoms. The second kappa shape index (κ2) is 5.92. The zero-order valence-electron chi connectivity index (χ0n) is 9.04. The molecule has 6 heteroatoms. The highest BCUT2D eigenvalue weighted by Gasteiger charge is 2.24. The van der Waals surface area contributed by atoms with Gasteiger partial charge in [0.2, 0.25) is 0 Å². The van der Waals surface area contributed by atoms with E-state index >= 15 is 0 Å². The van der Waals surface area contributed by atoms with Crippen LogP contribution in [-0.2, 0) is 9.53 Å². The summed E-state index contributed by atoms with van der Waals surface area (Å²) in [6.45, 7) is -0.185. The smallest absolute Gasteiger partial charge is 0.327 e. The topological polar surface area (TPSA) is 62.1 Å². The number of hydrogen-bond acceptors (Lipinski definition) is 4. The molecule has 0 aromatic heterocycles. The first-order valence-electron chi connectivity index (χ1n) is 4.73. The number of rotatable bonds is 4. The number of nitriles is 1. The van der Waals surface area contributed by atoms with Gasteiger partial charge in [-0.15, -0.1) is 0 Å². The summed E-state index contributed by atoms with van der Waals surface area (Å²) in [6.07, 6.45) is 0. The van der Waals surface area contributed by atoms with Crippen LogP contribution in [0.15, 0.2) is 18.2 Å². The number of benzene rings is 1. The second-order valence-electron chi connectivity index (χ2n) is 3.16. The van der Waals surface area contributed by atoms with E-state index in [4.69, 9.17) is 5.26 Å². The number of carbonyl (C=O) groups is 1. The number of halogens is 2. The molecule has 0 aliphatic rings. The molecule has 17 heavy (non-hydrogen) atoms. The maximum Gasteiger partial charge on any atom is 0.327 e. The van der Waals surface area contributed by atoms with Gasteiger partial charge in [0.05, 0.1) is 19.7 Å². The van der Waals surface area contributed by atoms with Crippen LogP contribution >= 0.6 is 0 Å². The summed E-state index contributed by atoms with van der Waals surface area (Å²) < 4.78 is 30.9. The van der Waals surface area contributed by atoms with Crippen LogP contribution in [0.2, 0.25) is 0 Å². The molecular weight excluding hydrogens is 230 g/mol. The van der Waals surface area contributed by atoms with Crippen molar-refractivity contribution in [1.82, 2.24) is 5.32 Å². The summed E-state index contributed by atoms with van der Waals surface area (Å²) in [5.74, 6) is -2.20. The minimum atomic E-state index is -1.20. The highest BCUT2D eigenvalue weighted by Crippen LogP contribution is 2.19. The van der Waals surface area contributed by atoms with Gasteiger partial charge in [-0.05, 0) is 18.2 Å². The zero-order valence-corrected chi connectivity index (χ0v) is 9.04. The lowest BCUT2D eigenvalue weighted by atomic mass is 10.1. The van der Waals surface area contributed by atoms with Gasteiger partial charge >= 0.3 is 5.97 Å². The average molecular weight is 240 g/mol. The lowest BCUT2D eigenvalue weighted by Gasteiger charge is -2.15. The molecule has 1 aromatic rings. The molecule has 0 fully saturated rings. The third kappa shape index (κ3) is 3.23. The molecule has 0 amide bonds. The molecule has 1 rings (SSSR count).